The zero-order chi connectivity index (χ0) is 25.6. The van der Waals surface area contributed by atoms with Gasteiger partial charge in [-0.2, -0.15) is 0 Å². The van der Waals surface area contributed by atoms with Crippen molar-refractivity contribution in [1.29, 1.82) is 0 Å². The van der Waals surface area contributed by atoms with Crippen molar-refractivity contribution in [3.63, 3.8) is 0 Å². The van der Waals surface area contributed by atoms with E-state index in [1.807, 2.05) is 0 Å². The highest BCUT2D eigenvalue weighted by Crippen LogP contribution is 2.33. The summed E-state index contributed by atoms with van der Waals surface area (Å²) in [5.41, 5.74) is 9.60. The van der Waals surface area contributed by atoms with Crippen molar-refractivity contribution in [2.75, 3.05) is 52.5 Å². The van der Waals surface area contributed by atoms with E-state index in [0.717, 1.165) is 45.9 Å². The lowest BCUT2D eigenvalue weighted by Crippen LogP contribution is -2.35. The number of ether oxygens (including phenoxy) is 1. The summed E-state index contributed by atoms with van der Waals surface area (Å²) in [6, 6.07) is 26.5. The maximum absolute atomic E-state index is 5.55. The van der Waals surface area contributed by atoms with Gasteiger partial charge in [0.2, 0.25) is 0 Å². The third-order valence-corrected chi connectivity index (χ3v) is 8.54. The maximum atomic E-state index is 5.55. The summed E-state index contributed by atoms with van der Waals surface area (Å²) < 4.78 is 5.55. The number of rotatable bonds is 8. The molecule has 4 heteroatoms. The fourth-order valence-corrected chi connectivity index (χ4v) is 6.43. The van der Waals surface area contributed by atoms with E-state index in [9.17, 15) is 0 Å². The van der Waals surface area contributed by atoms with Gasteiger partial charge in [0.15, 0.2) is 0 Å². The van der Waals surface area contributed by atoms with Crippen LogP contribution >= 0.6 is 0 Å². The average molecular weight is 509 g/mol. The van der Waals surface area contributed by atoms with Crippen molar-refractivity contribution >= 4 is 0 Å². The third kappa shape index (κ3) is 6.38. The number of nitrogens with zero attached hydrogens (tertiary/aromatic N) is 3. The topological polar surface area (TPSA) is 19.0 Å². The highest BCUT2D eigenvalue weighted by molar-refractivity contribution is 5.75. The molecule has 0 N–H and O–H groups in total. The van der Waals surface area contributed by atoms with Gasteiger partial charge in [-0.15, -0.1) is 0 Å². The Bertz CT molecular complexity index is 1190. The maximum Gasteiger partial charge on any atom is 0.0594 e. The molecule has 3 aromatic rings. The van der Waals surface area contributed by atoms with Crippen LogP contribution in [-0.4, -0.2) is 67.2 Å². The minimum absolute atomic E-state index is 0.834. The fourth-order valence-electron chi connectivity index (χ4n) is 6.43. The van der Waals surface area contributed by atoms with Crippen molar-refractivity contribution in [2.24, 2.45) is 0 Å². The molecule has 38 heavy (non-hydrogen) atoms. The van der Waals surface area contributed by atoms with Crippen molar-refractivity contribution in [2.45, 2.75) is 51.7 Å². The van der Waals surface area contributed by atoms with Gasteiger partial charge < -0.3 is 4.74 Å². The molecule has 3 saturated heterocycles. The Hall–Kier alpha value is -2.50. The zero-order valence-corrected chi connectivity index (χ0v) is 22.8. The Morgan fingerprint density at radius 1 is 0.579 bits per heavy atom. The monoisotopic (exact) mass is 508 g/mol. The Labute approximate surface area is 229 Å². The summed E-state index contributed by atoms with van der Waals surface area (Å²) >= 11 is 0. The highest BCUT2D eigenvalue weighted by Gasteiger charge is 2.18. The standard InChI is InChI=1S/C34H42N3O/c1-4-15-36(16-5-1)27-32-24-30(33-12-3-2-10-31(33)26-35-17-6-7-18-35)13-14-34(32)29-11-8-9-28(23-29)25-37-19-21-38-22-20-37/h2-3,8,10-14,23-24H,1,4-7,15-22,25-27H2. The van der Waals surface area contributed by atoms with E-state index in [-0.39, 0.29) is 0 Å². The van der Waals surface area contributed by atoms with E-state index in [2.05, 4.69) is 81.4 Å². The van der Waals surface area contributed by atoms with Crippen molar-refractivity contribution in [1.82, 2.24) is 14.7 Å². The summed E-state index contributed by atoms with van der Waals surface area (Å²) in [4.78, 5) is 7.75. The molecular weight excluding hydrogens is 466 g/mol. The minimum atomic E-state index is 0.834. The van der Waals surface area contributed by atoms with Crippen LogP contribution in [0, 0.1) is 6.07 Å². The van der Waals surface area contributed by atoms with Gasteiger partial charge in [-0.05, 0) is 109 Å². The predicted molar refractivity (Wildman–Crippen MR) is 156 cm³/mol. The molecule has 3 aliphatic heterocycles. The molecule has 0 saturated carbocycles. The molecule has 0 atom stereocenters. The predicted octanol–water partition coefficient (Wildman–Crippen LogP) is 6.23. The fraction of sp³-hybridized carbons (Fsp3) is 0.471. The molecule has 0 bridgehead atoms. The summed E-state index contributed by atoms with van der Waals surface area (Å²) in [6.45, 7) is 11.6. The van der Waals surface area contributed by atoms with Crippen LogP contribution in [0.1, 0.15) is 48.8 Å². The molecule has 0 unspecified atom stereocenters. The van der Waals surface area contributed by atoms with Crippen molar-refractivity contribution in [3.8, 4) is 22.3 Å². The lowest BCUT2D eigenvalue weighted by molar-refractivity contribution is 0.0341. The summed E-state index contributed by atoms with van der Waals surface area (Å²) in [7, 11) is 0. The molecule has 0 aromatic heterocycles. The van der Waals surface area contributed by atoms with Gasteiger partial charge in [-0.1, -0.05) is 55.0 Å². The Morgan fingerprint density at radius 2 is 1.21 bits per heavy atom. The largest absolute Gasteiger partial charge is 0.379 e. The molecular formula is C34H42N3O. The zero-order valence-electron chi connectivity index (χ0n) is 22.8. The van der Waals surface area contributed by atoms with Crippen LogP contribution < -0.4 is 0 Å². The molecule has 0 spiro atoms. The molecule has 4 nitrogen and oxygen atoms in total. The third-order valence-electron chi connectivity index (χ3n) is 8.54. The SMILES string of the molecule is [c]1ccc(-c2ccc(-c3ccccc3CN3CCCC3)cc2CN2CCCCC2)cc1CN1CCOCC1. The number of likely N-dealkylation sites (tertiary alicyclic amines) is 2. The lowest BCUT2D eigenvalue weighted by Gasteiger charge is -2.28. The van der Waals surface area contributed by atoms with Gasteiger partial charge in [0, 0.05) is 32.7 Å². The molecule has 0 amide bonds. The molecule has 3 aliphatic rings. The van der Waals surface area contributed by atoms with Crippen LogP contribution in [-0.2, 0) is 24.4 Å². The Balaban J connectivity index is 1.32. The average Bonchev–Trinajstić information content (AvgIpc) is 3.48. The van der Waals surface area contributed by atoms with E-state index in [1.54, 1.807) is 0 Å². The van der Waals surface area contributed by atoms with Gasteiger partial charge in [0.1, 0.15) is 0 Å². The van der Waals surface area contributed by atoms with Gasteiger partial charge in [-0.3, -0.25) is 14.7 Å². The number of morpholine rings is 1. The van der Waals surface area contributed by atoms with Gasteiger partial charge >= 0.3 is 0 Å². The first-order valence-corrected chi connectivity index (χ1v) is 14.8. The quantitative estimate of drug-likeness (QED) is 0.359. The first-order valence-electron chi connectivity index (χ1n) is 14.8. The van der Waals surface area contributed by atoms with Crippen LogP contribution in [0.2, 0.25) is 0 Å². The van der Waals surface area contributed by atoms with Crippen LogP contribution in [0.25, 0.3) is 22.3 Å². The number of piperidine rings is 1. The summed E-state index contributed by atoms with van der Waals surface area (Å²) in [5.74, 6) is 0. The Kier molecular flexibility index (Phi) is 8.52. The van der Waals surface area contributed by atoms with E-state index in [1.165, 1.54) is 97.2 Å². The molecule has 199 valence electrons. The number of benzene rings is 3. The van der Waals surface area contributed by atoms with E-state index < -0.39 is 0 Å². The summed E-state index contributed by atoms with van der Waals surface area (Å²) in [6.07, 6.45) is 6.67. The van der Waals surface area contributed by atoms with Gasteiger partial charge in [0.25, 0.3) is 0 Å². The Morgan fingerprint density at radius 3 is 2.00 bits per heavy atom. The smallest absolute Gasteiger partial charge is 0.0594 e. The van der Waals surface area contributed by atoms with E-state index >= 15 is 0 Å². The van der Waals surface area contributed by atoms with Crippen LogP contribution in [0.5, 0.6) is 0 Å². The van der Waals surface area contributed by atoms with E-state index in [0.29, 0.717) is 0 Å². The van der Waals surface area contributed by atoms with Crippen LogP contribution in [0.15, 0.2) is 60.7 Å². The highest BCUT2D eigenvalue weighted by atomic mass is 16.5. The molecule has 1 radical (unpaired) electrons. The number of hydrogen-bond donors (Lipinski definition) is 0. The second-order valence-electron chi connectivity index (χ2n) is 11.3. The van der Waals surface area contributed by atoms with Crippen LogP contribution in [0.3, 0.4) is 0 Å². The molecule has 3 heterocycles. The second kappa shape index (κ2) is 12.6. The van der Waals surface area contributed by atoms with Crippen LogP contribution in [0.4, 0.5) is 0 Å². The summed E-state index contributed by atoms with van der Waals surface area (Å²) in [5, 5.41) is 0. The molecule has 3 aromatic carbocycles. The van der Waals surface area contributed by atoms with Crippen molar-refractivity contribution in [3.05, 3.63) is 83.4 Å². The first-order chi connectivity index (χ1) is 18.8. The molecule has 6 rings (SSSR count). The first kappa shape index (κ1) is 25.8. The van der Waals surface area contributed by atoms with E-state index in [4.69, 9.17) is 4.74 Å². The molecule has 3 fully saturated rings. The van der Waals surface area contributed by atoms with Gasteiger partial charge in [0.05, 0.1) is 13.2 Å². The van der Waals surface area contributed by atoms with Gasteiger partial charge in [-0.25, -0.2) is 0 Å². The molecule has 0 aliphatic carbocycles. The van der Waals surface area contributed by atoms with Crippen molar-refractivity contribution < 1.29 is 4.74 Å². The number of hydrogen-bond acceptors (Lipinski definition) is 4. The lowest BCUT2D eigenvalue weighted by atomic mass is 9.91. The normalized spacial score (nSPS) is 19.7. The minimum Gasteiger partial charge on any atom is -0.379 e. The second-order valence-corrected chi connectivity index (χ2v) is 11.3.